The van der Waals surface area contributed by atoms with Gasteiger partial charge >= 0.3 is 0 Å². The molecule has 2 heterocycles. The highest BCUT2D eigenvalue weighted by atomic mass is 16.2. The Kier molecular flexibility index (Phi) is 1.94. The lowest BCUT2D eigenvalue weighted by Crippen LogP contribution is -2.46. The molecular weight excluding hydrogens is 232 g/mol. The topological polar surface area (TPSA) is 66.5 Å². The standard InChI is InChI=1S/C13H12N2O3/c1-7-4-3-5-8-10(7)11(17)15(2)13(8)6-9(16)14-12(13)18/h3-5H,6H2,1-2H3,(H,14,16,18)/t13-/m0/s1. The summed E-state index contributed by atoms with van der Waals surface area (Å²) in [5.74, 6) is -0.949. The number of hydrogen-bond acceptors (Lipinski definition) is 3. The molecule has 18 heavy (non-hydrogen) atoms. The van der Waals surface area contributed by atoms with E-state index in [9.17, 15) is 14.4 Å². The minimum Gasteiger partial charge on any atom is -0.323 e. The fourth-order valence-electron chi connectivity index (χ4n) is 2.89. The SMILES string of the molecule is Cc1cccc2c1C(=O)N(C)[C@@]21CC(=O)NC1=O. The summed E-state index contributed by atoms with van der Waals surface area (Å²) in [6.45, 7) is 1.83. The summed E-state index contributed by atoms with van der Waals surface area (Å²) < 4.78 is 0. The van der Waals surface area contributed by atoms with Crippen LogP contribution in [0, 0.1) is 6.92 Å². The molecule has 5 heteroatoms. The number of aryl methyl sites for hydroxylation is 1. The minimum atomic E-state index is -1.14. The lowest BCUT2D eigenvalue weighted by atomic mass is 9.87. The van der Waals surface area contributed by atoms with Gasteiger partial charge in [0.1, 0.15) is 0 Å². The monoisotopic (exact) mass is 244 g/mol. The molecule has 1 aromatic carbocycles. The molecule has 3 rings (SSSR count). The molecule has 2 aliphatic heterocycles. The number of benzene rings is 1. The van der Waals surface area contributed by atoms with Gasteiger partial charge < -0.3 is 4.90 Å². The number of carbonyl (C=O) groups excluding carboxylic acids is 3. The van der Waals surface area contributed by atoms with Gasteiger partial charge in [-0.25, -0.2) is 0 Å². The van der Waals surface area contributed by atoms with Gasteiger partial charge in [-0.3, -0.25) is 19.7 Å². The van der Waals surface area contributed by atoms with Crippen LogP contribution in [0.4, 0.5) is 0 Å². The zero-order valence-electron chi connectivity index (χ0n) is 10.1. The minimum absolute atomic E-state index is 0.00449. The Bertz CT molecular complexity index is 608. The van der Waals surface area contributed by atoms with Crippen molar-refractivity contribution in [2.45, 2.75) is 18.9 Å². The van der Waals surface area contributed by atoms with Crippen molar-refractivity contribution in [1.29, 1.82) is 0 Å². The highest BCUT2D eigenvalue weighted by molar-refractivity contribution is 6.15. The summed E-state index contributed by atoms with van der Waals surface area (Å²) in [4.78, 5) is 37.2. The van der Waals surface area contributed by atoms with Crippen LogP contribution in [0.1, 0.15) is 27.9 Å². The van der Waals surface area contributed by atoms with E-state index >= 15 is 0 Å². The van der Waals surface area contributed by atoms with E-state index in [2.05, 4.69) is 5.32 Å². The molecular formula is C13H12N2O3. The molecule has 1 saturated heterocycles. The number of nitrogens with one attached hydrogen (secondary N) is 1. The van der Waals surface area contributed by atoms with E-state index in [0.29, 0.717) is 11.1 Å². The highest BCUT2D eigenvalue weighted by Gasteiger charge is 2.58. The molecule has 1 spiro atoms. The third-order valence-corrected chi connectivity index (χ3v) is 3.85. The Labute approximate surface area is 104 Å². The first-order valence-electron chi connectivity index (χ1n) is 5.71. The summed E-state index contributed by atoms with van der Waals surface area (Å²) in [7, 11) is 1.57. The maximum absolute atomic E-state index is 12.3. The molecule has 0 radical (unpaired) electrons. The Morgan fingerprint density at radius 2 is 2.00 bits per heavy atom. The average Bonchev–Trinajstić information content (AvgIpc) is 2.72. The lowest BCUT2D eigenvalue weighted by molar-refractivity contribution is -0.128. The second kappa shape index (κ2) is 3.19. The van der Waals surface area contributed by atoms with Crippen LogP contribution >= 0.6 is 0 Å². The normalized spacial score (nSPS) is 25.9. The molecule has 0 saturated carbocycles. The van der Waals surface area contributed by atoms with Crippen LogP contribution in [0.5, 0.6) is 0 Å². The Balaban J connectivity index is 2.32. The van der Waals surface area contributed by atoms with Crippen molar-refractivity contribution in [2.24, 2.45) is 0 Å². The van der Waals surface area contributed by atoms with Gasteiger partial charge in [0.15, 0.2) is 5.54 Å². The number of hydrogen-bond donors (Lipinski definition) is 1. The van der Waals surface area contributed by atoms with Crippen LogP contribution in [0.15, 0.2) is 18.2 Å². The molecule has 3 amide bonds. The zero-order valence-corrected chi connectivity index (χ0v) is 10.1. The van der Waals surface area contributed by atoms with Crippen LogP contribution < -0.4 is 5.32 Å². The molecule has 0 aliphatic carbocycles. The summed E-state index contributed by atoms with van der Waals surface area (Å²) in [5.41, 5.74) is 0.867. The van der Waals surface area contributed by atoms with Crippen molar-refractivity contribution in [3.63, 3.8) is 0 Å². The zero-order chi connectivity index (χ0) is 13.1. The number of rotatable bonds is 0. The van der Waals surface area contributed by atoms with Crippen LogP contribution in [0.25, 0.3) is 0 Å². The first-order chi connectivity index (χ1) is 8.48. The Hall–Kier alpha value is -2.17. The molecule has 1 aromatic rings. The van der Waals surface area contributed by atoms with Gasteiger partial charge in [-0.2, -0.15) is 0 Å². The number of amides is 3. The third-order valence-electron chi connectivity index (χ3n) is 3.85. The van der Waals surface area contributed by atoms with Gasteiger partial charge in [0, 0.05) is 18.2 Å². The number of nitrogens with zero attached hydrogens (tertiary/aromatic N) is 1. The molecule has 0 unspecified atom stereocenters. The summed E-state index contributed by atoms with van der Waals surface area (Å²) >= 11 is 0. The molecule has 0 aromatic heterocycles. The molecule has 1 fully saturated rings. The molecule has 2 aliphatic rings. The van der Waals surface area contributed by atoms with E-state index in [1.54, 1.807) is 19.2 Å². The first-order valence-corrected chi connectivity index (χ1v) is 5.71. The number of imide groups is 1. The molecule has 1 N–H and O–H groups in total. The van der Waals surface area contributed by atoms with E-state index in [4.69, 9.17) is 0 Å². The predicted octanol–water partition coefficient (Wildman–Crippen LogP) is 0.322. The average molecular weight is 244 g/mol. The van der Waals surface area contributed by atoms with Gasteiger partial charge in [-0.1, -0.05) is 18.2 Å². The van der Waals surface area contributed by atoms with Gasteiger partial charge in [0.2, 0.25) is 5.91 Å². The van der Waals surface area contributed by atoms with Crippen LogP contribution in [-0.2, 0) is 15.1 Å². The van der Waals surface area contributed by atoms with E-state index in [1.807, 2.05) is 13.0 Å². The highest BCUT2D eigenvalue weighted by Crippen LogP contribution is 2.44. The first kappa shape index (κ1) is 11.0. The quantitative estimate of drug-likeness (QED) is 0.668. The fraction of sp³-hybridized carbons (Fsp3) is 0.308. The maximum atomic E-state index is 12.3. The van der Waals surface area contributed by atoms with E-state index in [1.165, 1.54) is 4.90 Å². The number of likely N-dealkylation sites (N-methyl/N-ethyl adjacent to an activating group) is 1. The predicted molar refractivity (Wildman–Crippen MR) is 62.7 cm³/mol. The molecule has 92 valence electrons. The number of carbonyl (C=O) groups is 3. The van der Waals surface area contributed by atoms with Crippen molar-refractivity contribution < 1.29 is 14.4 Å². The van der Waals surface area contributed by atoms with E-state index in [-0.39, 0.29) is 18.2 Å². The Morgan fingerprint density at radius 3 is 2.61 bits per heavy atom. The van der Waals surface area contributed by atoms with Crippen molar-refractivity contribution >= 4 is 17.7 Å². The van der Waals surface area contributed by atoms with Crippen LogP contribution in [0.3, 0.4) is 0 Å². The van der Waals surface area contributed by atoms with Crippen LogP contribution in [-0.4, -0.2) is 29.7 Å². The largest absolute Gasteiger partial charge is 0.323 e. The Morgan fingerprint density at radius 1 is 1.28 bits per heavy atom. The molecule has 1 atom stereocenters. The van der Waals surface area contributed by atoms with Gasteiger partial charge in [-0.05, 0) is 12.5 Å². The number of fused-ring (bicyclic) bond motifs is 2. The van der Waals surface area contributed by atoms with Crippen molar-refractivity contribution in [3.05, 3.63) is 34.9 Å². The van der Waals surface area contributed by atoms with E-state index in [0.717, 1.165) is 5.56 Å². The van der Waals surface area contributed by atoms with Crippen molar-refractivity contribution in [1.82, 2.24) is 10.2 Å². The summed E-state index contributed by atoms with van der Waals surface area (Å²) in [6.07, 6.45) is 0.00449. The van der Waals surface area contributed by atoms with Crippen LogP contribution in [0.2, 0.25) is 0 Å². The van der Waals surface area contributed by atoms with Crippen molar-refractivity contribution in [3.8, 4) is 0 Å². The summed E-state index contributed by atoms with van der Waals surface area (Å²) in [5, 5.41) is 2.29. The van der Waals surface area contributed by atoms with Gasteiger partial charge in [-0.15, -0.1) is 0 Å². The maximum Gasteiger partial charge on any atom is 0.257 e. The fourth-order valence-corrected chi connectivity index (χ4v) is 2.89. The molecule has 5 nitrogen and oxygen atoms in total. The second-order valence-electron chi connectivity index (χ2n) is 4.78. The van der Waals surface area contributed by atoms with Gasteiger partial charge in [0.05, 0.1) is 6.42 Å². The second-order valence-corrected chi connectivity index (χ2v) is 4.78. The third kappa shape index (κ3) is 1.04. The molecule has 0 bridgehead atoms. The smallest absolute Gasteiger partial charge is 0.257 e. The van der Waals surface area contributed by atoms with E-state index < -0.39 is 11.4 Å². The lowest BCUT2D eigenvalue weighted by Gasteiger charge is -2.28. The van der Waals surface area contributed by atoms with Crippen molar-refractivity contribution in [2.75, 3.05) is 7.05 Å². The van der Waals surface area contributed by atoms with Gasteiger partial charge in [0.25, 0.3) is 11.8 Å². The summed E-state index contributed by atoms with van der Waals surface area (Å²) in [6, 6.07) is 5.39.